The van der Waals surface area contributed by atoms with Crippen LogP contribution in [0, 0.1) is 0 Å². The second-order valence-electron chi connectivity index (χ2n) is 5.65. The van der Waals surface area contributed by atoms with Crippen molar-refractivity contribution in [2.75, 3.05) is 13.7 Å². The Balaban J connectivity index is 1.91. The molecule has 2 aromatic carbocycles. The Hall–Kier alpha value is -3.35. The summed E-state index contributed by atoms with van der Waals surface area (Å²) in [5, 5.41) is 6.43. The maximum absolute atomic E-state index is 12.0. The molecule has 0 saturated heterocycles. The van der Waals surface area contributed by atoms with Crippen molar-refractivity contribution < 1.29 is 19.1 Å². The van der Waals surface area contributed by atoms with Gasteiger partial charge in [0, 0.05) is 0 Å². The van der Waals surface area contributed by atoms with E-state index in [-0.39, 0.29) is 6.04 Å². The number of amides is 2. The van der Waals surface area contributed by atoms with Gasteiger partial charge in [-0.3, -0.25) is 9.59 Å². The van der Waals surface area contributed by atoms with Crippen molar-refractivity contribution in [3.63, 3.8) is 0 Å². The maximum Gasteiger partial charge on any atom is 0.329 e. The molecule has 0 aliphatic rings. The van der Waals surface area contributed by atoms with Crippen LogP contribution in [0.25, 0.3) is 0 Å². The molecule has 0 fully saturated rings. The molecule has 142 valence electrons. The lowest BCUT2D eigenvalue weighted by molar-refractivity contribution is -0.139. The second-order valence-corrected chi connectivity index (χ2v) is 5.65. The van der Waals surface area contributed by atoms with Crippen LogP contribution in [0.1, 0.15) is 31.0 Å². The molecule has 2 N–H and O–H groups in total. The zero-order valence-corrected chi connectivity index (χ0v) is 15.6. The van der Waals surface area contributed by atoms with Crippen molar-refractivity contribution in [3.05, 3.63) is 59.7 Å². The first-order valence-electron chi connectivity index (χ1n) is 8.54. The molecule has 2 rings (SSSR count). The molecule has 0 radical (unpaired) electrons. The Morgan fingerprint density at radius 3 is 2.52 bits per heavy atom. The minimum atomic E-state index is -0.841. The van der Waals surface area contributed by atoms with Crippen LogP contribution < -0.4 is 20.2 Å². The van der Waals surface area contributed by atoms with Crippen molar-refractivity contribution >= 4 is 18.0 Å². The highest BCUT2D eigenvalue weighted by atomic mass is 16.5. The van der Waals surface area contributed by atoms with Crippen molar-refractivity contribution in [2.24, 2.45) is 5.10 Å². The summed E-state index contributed by atoms with van der Waals surface area (Å²) in [6, 6.07) is 14.3. The van der Waals surface area contributed by atoms with E-state index in [1.807, 2.05) is 37.3 Å². The minimum absolute atomic E-state index is 0.288. The number of rotatable bonds is 7. The number of hydrazone groups is 1. The van der Waals surface area contributed by atoms with Gasteiger partial charge in [0.2, 0.25) is 0 Å². The Labute approximate surface area is 158 Å². The van der Waals surface area contributed by atoms with Gasteiger partial charge in [-0.25, -0.2) is 5.43 Å². The topological polar surface area (TPSA) is 89.0 Å². The molecule has 2 aromatic rings. The fourth-order valence-electron chi connectivity index (χ4n) is 2.34. The number of nitrogens with zero attached hydrogens (tertiary/aromatic N) is 1. The van der Waals surface area contributed by atoms with E-state index < -0.39 is 11.8 Å². The largest absolute Gasteiger partial charge is 0.493 e. The van der Waals surface area contributed by atoms with Crippen LogP contribution in [0.15, 0.2) is 53.6 Å². The predicted octanol–water partition coefficient (Wildman–Crippen LogP) is 2.42. The fourth-order valence-corrected chi connectivity index (χ4v) is 2.34. The third-order valence-electron chi connectivity index (χ3n) is 3.72. The summed E-state index contributed by atoms with van der Waals surface area (Å²) in [7, 11) is 1.54. The highest BCUT2D eigenvalue weighted by Crippen LogP contribution is 2.27. The van der Waals surface area contributed by atoms with E-state index >= 15 is 0 Å². The lowest BCUT2D eigenvalue weighted by atomic mass is 10.1. The van der Waals surface area contributed by atoms with Gasteiger partial charge >= 0.3 is 11.8 Å². The van der Waals surface area contributed by atoms with Gasteiger partial charge in [0.15, 0.2) is 11.5 Å². The summed E-state index contributed by atoms with van der Waals surface area (Å²) in [6.45, 7) is 4.21. The van der Waals surface area contributed by atoms with Crippen LogP contribution in [0.5, 0.6) is 11.5 Å². The molecule has 0 aliphatic heterocycles. The third kappa shape index (κ3) is 5.85. The molecule has 0 aliphatic carbocycles. The zero-order valence-electron chi connectivity index (χ0n) is 15.6. The molecule has 0 saturated carbocycles. The second kappa shape index (κ2) is 9.96. The number of carbonyl (C=O) groups is 2. The van der Waals surface area contributed by atoms with Gasteiger partial charge in [-0.15, -0.1) is 0 Å². The number of benzene rings is 2. The summed E-state index contributed by atoms with van der Waals surface area (Å²) in [5.41, 5.74) is 3.81. The van der Waals surface area contributed by atoms with Gasteiger partial charge in [-0.1, -0.05) is 30.3 Å². The smallest absolute Gasteiger partial charge is 0.329 e. The zero-order chi connectivity index (χ0) is 19.6. The molecule has 1 atom stereocenters. The molecule has 7 nitrogen and oxygen atoms in total. The maximum atomic E-state index is 12.0. The van der Waals surface area contributed by atoms with Crippen LogP contribution in [0.3, 0.4) is 0 Å². The Kier molecular flexibility index (Phi) is 7.37. The lowest BCUT2D eigenvalue weighted by Gasteiger charge is -2.13. The van der Waals surface area contributed by atoms with Gasteiger partial charge in [0.25, 0.3) is 0 Å². The highest BCUT2D eigenvalue weighted by Gasteiger charge is 2.16. The third-order valence-corrected chi connectivity index (χ3v) is 3.72. The first-order chi connectivity index (χ1) is 13.0. The quantitative estimate of drug-likeness (QED) is 0.446. The van der Waals surface area contributed by atoms with Crippen molar-refractivity contribution in [3.8, 4) is 11.5 Å². The number of hydrogen-bond acceptors (Lipinski definition) is 5. The Bertz CT molecular complexity index is 806. The molecule has 7 heteroatoms. The summed E-state index contributed by atoms with van der Waals surface area (Å²) < 4.78 is 10.7. The molecule has 2 amide bonds. The number of carbonyl (C=O) groups excluding carboxylic acids is 2. The van der Waals surface area contributed by atoms with E-state index in [4.69, 9.17) is 9.47 Å². The summed E-state index contributed by atoms with van der Waals surface area (Å²) in [4.78, 5) is 23.8. The fraction of sp³-hybridized carbons (Fsp3) is 0.250. The first-order valence-corrected chi connectivity index (χ1v) is 8.54. The van der Waals surface area contributed by atoms with Crippen LogP contribution in [-0.4, -0.2) is 31.7 Å². The summed E-state index contributed by atoms with van der Waals surface area (Å²) >= 11 is 0. The number of hydrogen-bond donors (Lipinski definition) is 2. The normalized spacial score (nSPS) is 11.7. The van der Waals surface area contributed by atoms with Crippen LogP contribution in [0.4, 0.5) is 0 Å². The molecule has 0 bridgehead atoms. The van der Waals surface area contributed by atoms with Gasteiger partial charge in [-0.2, -0.15) is 5.10 Å². The van der Waals surface area contributed by atoms with E-state index in [2.05, 4.69) is 15.8 Å². The van der Waals surface area contributed by atoms with Gasteiger partial charge in [0.05, 0.1) is 26.0 Å². The van der Waals surface area contributed by atoms with E-state index in [1.165, 1.54) is 6.21 Å². The molecular weight excluding hydrogens is 346 g/mol. The van der Waals surface area contributed by atoms with Crippen molar-refractivity contribution in [2.45, 2.75) is 19.9 Å². The monoisotopic (exact) mass is 369 g/mol. The predicted molar refractivity (Wildman–Crippen MR) is 103 cm³/mol. The lowest BCUT2D eigenvalue weighted by Crippen LogP contribution is -2.39. The average Bonchev–Trinajstić information content (AvgIpc) is 2.69. The van der Waals surface area contributed by atoms with E-state index in [9.17, 15) is 9.59 Å². The number of methoxy groups -OCH3 is 1. The Morgan fingerprint density at radius 2 is 1.85 bits per heavy atom. The first kappa shape index (κ1) is 20.0. The molecule has 0 heterocycles. The number of ether oxygens (including phenoxy) is 2. The van der Waals surface area contributed by atoms with Crippen LogP contribution >= 0.6 is 0 Å². The van der Waals surface area contributed by atoms with Crippen LogP contribution in [-0.2, 0) is 9.59 Å². The standard InChI is InChI=1S/C20H23N3O4/c1-4-27-17-11-10-15(12-18(17)26-3)13-21-23-20(25)19(24)22-14(2)16-8-6-5-7-9-16/h5-14H,4H2,1-3H3,(H,22,24)(H,23,25)/b21-13-/t14-/m1/s1. The molecule has 0 spiro atoms. The van der Waals surface area contributed by atoms with Crippen LogP contribution in [0.2, 0.25) is 0 Å². The molecular formula is C20H23N3O4. The van der Waals surface area contributed by atoms with Gasteiger partial charge in [-0.05, 0) is 43.2 Å². The minimum Gasteiger partial charge on any atom is -0.493 e. The van der Waals surface area contributed by atoms with Gasteiger partial charge in [0.1, 0.15) is 0 Å². The average molecular weight is 369 g/mol. The van der Waals surface area contributed by atoms with Crippen molar-refractivity contribution in [1.82, 2.24) is 10.7 Å². The highest BCUT2D eigenvalue weighted by molar-refractivity contribution is 6.35. The SMILES string of the molecule is CCOc1ccc(/C=N\NC(=O)C(=O)N[C@H](C)c2ccccc2)cc1OC. The number of nitrogens with one attached hydrogen (secondary N) is 2. The molecule has 0 unspecified atom stereocenters. The van der Waals surface area contributed by atoms with E-state index in [0.717, 1.165) is 5.56 Å². The molecule has 0 aromatic heterocycles. The van der Waals surface area contributed by atoms with E-state index in [1.54, 1.807) is 32.2 Å². The summed E-state index contributed by atoms with van der Waals surface area (Å²) in [5.74, 6) is -0.420. The van der Waals surface area contributed by atoms with Gasteiger partial charge < -0.3 is 14.8 Å². The van der Waals surface area contributed by atoms with E-state index in [0.29, 0.717) is 23.7 Å². The summed E-state index contributed by atoms with van der Waals surface area (Å²) in [6.07, 6.45) is 1.42. The van der Waals surface area contributed by atoms with Crippen molar-refractivity contribution in [1.29, 1.82) is 0 Å². The molecule has 27 heavy (non-hydrogen) atoms. The Morgan fingerprint density at radius 1 is 1.11 bits per heavy atom.